The second-order valence-electron chi connectivity index (χ2n) is 2.22. The van der Waals surface area contributed by atoms with Crippen molar-refractivity contribution in [1.29, 1.82) is 0 Å². The minimum absolute atomic E-state index is 1.13. The smallest absolute Gasteiger partial charge is 0.0268 e. The Morgan fingerprint density at radius 2 is 2.18 bits per heavy atom. The first-order valence-electron chi connectivity index (χ1n) is 3.34. The molecule has 0 fully saturated rings. The van der Waals surface area contributed by atoms with E-state index in [0.717, 1.165) is 4.47 Å². The van der Waals surface area contributed by atoms with Crippen molar-refractivity contribution in [1.82, 2.24) is 4.72 Å². The highest BCUT2D eigenvalue weighted by atomic mass is 79.9. The molecule has 0 aliphatic rings. The Morgan fingerprint density at radius 1 is 1.45 bits per heavy atom. The number of hydrogen-bond acceptors (Lipinski definition) is 2. The highest BCUT2D eigenvalue weighted by molar-refractivity contribution is 9.10. The molecule has 0 bridgehead atoms. The number of rotatable bonds is 2. The van der Waals surface area contributed by atoms with Crippen molar-refractivity contribution in [3.05, 3.63) is 28.2 Å². The number of hydrogen-bond donors (Lipinski definition) is 1. The summed E-state index contributed by atoms with van der Waals surface area (Å²) >= 11 is 5.06. The Kier molecular flexibility index (Phi) is 3.43. The summed E-state index contributed by atoms with van der Waals surface area (Å²) in [5.41, 5.74) is 1.30. The Labute approximate surface area is 79.8 Å². The molecule has 1 rings (SSSR count). The molecule has 0 aromatic heterocycles. The third-order valence-electron chi connectivity index (χ3n) is 1.36. The molecule has 0 saturated heterocycles. The minimum Gasteiger partial charge on any atom is -0.263 e. The average molecular weight is 232 g/mol. The van der Waals surface area contributed by atoms with Crippen LogP contribution in [0.3, 0.4) is 0 Å². The van der Waals surface area contributed by atoms with Crippen LogP contribution in [0.4, 0.5) is 0 Å². The van der Waals surface area contributed by atoms with Crippen LogP contribution in [0, 0.1) is 6.92 Å². The van der Waals surface area contributed by atoms with Gasteiger partial charge in [0.05, 0.1) is 0 Å². The molecule has 0 heterocycles. The molecule has 1 nitrogen and oxygen atoms in total. The topological polar surface area (TPSA) is 12.0 Å². The van der Waals surface area contributed by atoms with Crippen molar-refractivity contribution in [2.45, 2.75) is 11.8 Å². The van der Waals surface area contributed by atoms with Crippen molar-refractivity contribution in [2.24, 2.45) is 0 Å². The van der Waals surface area contributed by atoms with Gasteiger partial charge in [0.2, 0.25) is 0 Å². The van der Waals surface area contributed by atoms with Crippen LogP contribution < -0.4 is 4.72 Å². The van der Waals surface area contributed by atoms with Crippen LogP contribution in [0.15, 0.2) is 27.6 Å². The van der Waals surface area contributed by atoms with Gasteiger partial charge in [-0.15, -0.1) is 0 Å². The number of nitrogens with one attached hydrogen (secondary N) is 1. The molecular formula is C8H10BrNS. The fourth-order valence-electron chi connectivity index (χ4n) is 0.794. The van der Waals surface area contributed by atoms with Crippen LogP contribution in [-0.4, -0.2) is 7.05 Å². The van der Waals surface area contributed by atoms with Gasteiger partial charge in [0.1, 0.15) is 0 Å². The third kappa shape index (κ3) is 2.51. The summed E-state index contributed by atoms with van der Waals surface area (Å²) in [5.74, 6) is 0. The molecule has 0 amide bonds. The summed E-state index contributed by atoms with van der Waals surface area (Å²) in [4.78, 5) is 1.27. The lowest BCUT2D eigenvalue weighted by Crippen LogP contribution is -1.92. The molecule has 0 spiro atoms. The highest BCUT2D eigenvalue weighted by Gasteiger charge is 1.97. The van der Waals surface area contributed by atoms with Gasteiger partial charge < -0.3 is 0 Å². The molecular weight excluding hydrogens is 222 g/mol. The van der Waals surface area contributed by atoms with Crippen molar-refractivity contribution >= 4 is 27.9 Å². The van der Waals surface area contributed by atoms with E-state index >= 15 is 0 Å². The van der Waals surface area contributed by atoms with Gasteiger partial charge in [-0.25, -0.2) is 0 Å². The van der Waals surface area contributed by atoms with E-state index in [1.54, 1.807) is 11.9 Å². The van der Waals surface area contributed by atoms with E-state index in [2.05, 4.69) is 45.8 Å². The van der Waals surface area contributed by atoms with E-state index < -0.39 is 0 Å². The van der Waals surface area contributed by atoms with E-state index in [0.29, 0.717) is 0 Å². The lowest BCUT2D eigenvalue weighted by Gasteiger charge is -2.03. The zero-order chi connectivity index (χ0) is 8.27. The van der Waals surface area contributed by atoms with Crippen LogP contribution in [0.5, 0.6) is 0 Å². The molecule has 0 saturated carbocycles. The Bertz CT molecular complexity index is 250. The van der Waals surface area contributed by atoms with Gasteiger partial charge in [-0.1, -0.05) is 22.0 Å². The molecule has 60 valence electrons. The predicted molar refractivity (Wildman–Crippen MR) is 53.8 cm³/mol. The normalized spacial score (nSPS) is 10.1. The fourth-order valence-corrected chi connectivity index (χ4v) is 1.94. The minimum atomic E-state index is 1.13. The van der Waals surface area contributed by atoms with Crippen LogP contribution in [0.2, 0.25) is 0 Å². The summed E-state index contributed by atoms with van der Waals surface area (Å²) in [6, 6.07) is 6.26. The van der Waals surface area contributed by atoms with Crippen molar-refractivity contribution < 1.29 is 0 Å². The molecule has 0 aliphatic carbocycles. The second-order valence-corrected chi connectivity index (χ2v) is 4.18. The Balaban J connectivity index is 2.93. The summed E-state index contributed by atoms with van der Waals surface area (Å²) in [6.45, 7) is 2.10. The highest BCUT2D eigenvalue weighted by Crippen LogP contribution is 2.23. The van der Waals surface area contributed by atoms with Crippen LogP contribution >= 0.6 is 27.9 Å². The molecule has 1 N–H and O–H groups in total. The molecule has 0 radical (unpaired) electrons. The van der Waals surface area contributed by atoms with Gasteiger partial charge in [0.15, 0.2) is 0 Å². The van der Waals surface area contributed by atoms with E-state index in [1.165, 1.54) is 10.5 Å². The van der Waals surface area contributed by atoms with E-state index in [1.807, 2.05) is 7.05 Å². The number of benzene rings is 1. The lowest BCUT2D eigenvalue weighted by atomic mass is 10.2. The molecule has 3 heteroatoms. The molecule has 11 heavy (non-hydrogen) atoms. The van der Waals surface area contributed by atoms with Crippen LogP contribution in [0.1, 0.15) is 5.56 Å². The van der Waals surface area contributed by atoms with Gasteiger partial charge >= 0.3 is 0 Å². The Morgan fingerprint density at radius 3 is 2.82 bits per heavy atom. The van der Waals surface area contributed by atoms with Crippen molar-refractivity contribution in [3.8, 4) is 0 Å². The molecule has 1 aromatic rings. The predicted octanol–water partition coefficient (Wildman–Crippen LogP) is 2.98. The summed E-state index contributed by atoms with van der Waals surface area (Å²) < 4.78 is 4.17. The lowest BCUT2D eigenvalue weighted by molar-refractivity contribution is 1.23. The first kappa shape index (κ1) is 9.10. The maximum atomic E-state index is 3.43. The van der Waals surface area contributed by atoms with Gasteiger partial charge in [-0.05, 0) is 43.6 Å². The fraction of sp³-hybridized carbons (Fsp3) is 0.250. The zero-order valence-corrected chi connectivity index (χ0v) is 8.92. The summed E-state index contributed by atoms with van der Waals surface area (Å²) in [5, 5.41) is 0. The van der Waals surface area contributed by atoms with E-state index in [9.17, 15) is 0 Å². The van der Waals surface area contributed by atoms with Crippen LogP contribution in [0.25, 0.3) is 0 Å². The standard InChI is InChI=1S/C8H10BrNS/c1-6-3-4-7(9)5-8(6)11-10-2/h3-5,10H,1-2H3. The summed E-state index contributed by atoms with van der Waals surface area (Å²) in [6.07, 6.45) is 0. The third-order valence-corrected chi connectivity index (χ3v) is 2.72. The van der Waals surface area contributed by atoms with E-state index in [-0.39, 0.29) is 0 Å². The summed E-state index contributed by atoms with van der Waals surface area (Å²) in [7, 11) is 1.92. The monoisotopic (exact) mass is 231 g/mol. The van der Waals surface area contributed by atoms with Gasteiger partial charge in [0, 0.05) is 9.37 Å². The van der Waals surface area contributed by atoms with Crippen molar-refractivity contribution in [2.75, 3.05) is 7.05 Å². The quantitative estimate of drug-likeness (QED) is 0.786. The molecule has 0 aliphatic heterocycles. The average Bonchev–Trinajstić information content (AvgIpc) is 1.98. The number of halogens is 1. The number of aryl methyl sites for hydroxylation is 1. The Hall–Kier alpha value is 0.01000. The molecule has 0 unspecified atom stereocenters. The van der Waals surface area contributed by atoms with E-state index in [4.69, 9.17) is 0 Å². The van der Waals surface area contributed by atoms with Gasteiger partial charge in [-0.3, -0.25) is 4.72 Å². The maximum Gasteiger partial charge on any atom is 0.0268 e. The van der Waals surface area contributed by atoms with Gasteiger partial charge in [0.25, 0.3) is 0 Å². The first-order chi connectivity index (χ1) is 5.24. The van der Waals surface area contributed by atoms with Crippen molar-refractivity contribution in [3.63, 3.8) is 0 Å². The van der Waals surface area contributed by atoms with Crippen LogP contribution in [-0.2, 0) is 0 Å². The zero-order valence-electron chi connectivity index (χ0n) is 6.52. The second kappa shape index (κ2) is 4.14. The maximum absolute atomic E-state index is 3.43. The SMILES string of the molecule is CNSc1cc(Br)ccc1C. The first-order valence-corrected chi connectivity index (χ1v) is 4.94. The van der Waals surface area contributed by atoms with Gasteiger partial charge in [-0.2, -0.15) is 0 Å². The molecule has 1 aromatic carbocycles. The molecule has 0 atom stereocenters. The largest absolute Gasteiger partial charge is 0.263 e.